The highest BCUT2D eigenvalue weighted by Crippen LogP contribution is 2.22. The van der Waals surface area contributed by atoms with Crippen molar-refractivity contribution in [1.29, 1.82) is 0 Å². The predicted octanol–water partition coefficient (Wildman–Crippen LogP) is 3.09. The van der Waals surface area contributed by atoms with Crippen LogP contribution in [0.1, 0.15) is 5.56 Å². The highest BCUT2D eigenvalue weighted by atomic mass is 127. The van der Waals surface area contributed by atoms with E-state index >= 15 is 0 Å². The third kappa shape index (κ3) is 3.09. The van der Waals surface area contributed by atoms with Gasteiger partial charge in [0.1, 0.15) is 0 Å². The Bertz CT molecular complexity index is 253. The average Bonchev–Trinajstić information content (AvgIpc) is 1.99. The summed E-state index contributed by atoms with van der Waals surface area (Å²) in [6.07, 6.45) is 0. The van der Waals surface area contributed by atoms with Gasteiger partial charge in [-0.05, 0) is 41.3 Å². The topological polar surface area (TPSA) is 12.0 Å². The van der Waals surface area contributed by atoms with Gasteiger partial charge in [0.05, 0.1) is 5.02 Å². The summed E-state index contributed by atoms with van der Waals surface area (Å²) < 4.78 is 1.11. The fourth-order valence-corrected chi connectivity index (χ4v) is 1.62. The normalized spacial score (nSPS) is 9.25. The second-order valence-corrected chi connectivity index (χ2v) is 3.78. The van der Waals surface area contributed by atoms with Gasteiger partial charge < -0.3 is 5.32 Å². The SMILES string of the molecule is CNCc1cccc(I)c1Cl.Cl. The third-order valence-corrected chi connectivity index (χ3v) is 3.06. The quantitative estimate of drug-likeness (QED) is 0.827. The van der Waals surface area contributed by atoms with Crippen molar-refractivity contribution in [2.75, 3.05) is 7.05 Å². The zero-order valence-corrected chi connectivity index (χ0v) is 10.3. The largest absolute Gasteiger partial charge is 0.316 e. The molecule has 0 spiro atoms. The molecule has 1 aromatic rings. The lowest BCUT2D eigenvalue weighted by Gasteiger charge is -2.03. The Labute approximate surface area is 97.4 Å². The molecule has 0 aromatic heterocycles. The molecule has 0 atom stereocenters. The first kappa shape index (κ1) is 12.5. The molecule has 0 fully saturated rings. The Morgan fingerprint density at radius 1 is 1.50 bits per heavy atom. The molecule has 1 N–H and O–H groups in total. The maximum absolute atomic E-state index is 6.02. The standard InChI is InChI=1S/C8H9ClIN.ClH/c1-11-5-6-3-2-4-7(10)8(6)9;/h2-4,11H,5H2,1H3;1H. The van der Waals surface area contributed by atoms with Crippen LogP contribution in [0.4, 0.5) is 0 Å². The molecular formula is C8H10Cl2IN. The lowest BCUT2D eigenvalue weighted by Crippen LogP contribution is -2.05. The average molecular weight is 318 g/mol. The van der Waals surface area contributed by atoms with Gasteiger partial charge in [-0.15, -0.1) is 12.4 Å². The van der Waals surface area contributed by atoms with E-state index in [-0.39, 0.29) is 12.4 Å². The number of hydrogen-bond donors (Lipinski definition) is 1. The molecule has 1 aromatic carbocycles. The molecule has 1 nitrogen and oxygen atoms in total. The highest BCUT2D eigenvalue weighted by molar-refractivity contribution is 14.1. The Morgan fingerprint density at radius 2 is 2.17 bits per heavy atom. The van der Waals surface area contributed by atoms with Crippen molar-refractivity contribution < 1.29 is 0 Å². The Kier molecular flexibility index (Phi) is 6.27. The third-order valence-electron chi connectivity index (χ3n) is 1.40. The van der Waals surface area contributed by atoms with Crippen LogP contribution in [0.5, 0.6) is 0 Å². The molecule has 4 heteroatoms. The summed E-state index contributed by atoms with van der Waals surface area (Å²) in [7, 11) is 1.91. The molecule has 1 rings (SSSR count). The molecule has 0 bridgehead atoms. The fourth-order valence-electron chi connectivity index (χ4n) is 0.875. The van der Waals surface area contributed by atoms with Gasteiger partial charge in [0.15, 0.2) is 0 Å². The fraction of sp³-hybridized carbons (Fsp3) is 0.250. The molecule has 0 aliphatic carbocycles. The Balaban J connectivity index is 0.00000121. The zero-order chi connectivity index (χ0) is 8.27. The van der Waals surface area contributed by atoms with Gasteiger partial charge >= 0.3 is 0 Å². The molecule has 0 radical (unpaired) electrons. The molecule has 0 saturated heterocycles. The molecule has 0 aliphatic rings. The van der Waals surface area contributed by atoms with Crippen molar-refractivity contribution in [1.82, 2.24) is 5.32 Å². The van der Waals surface area contributed by atoms with E-state index in [1.54, 1.807) is 0 Å². The van der Waals surface area contributed by atoms with E-state index in [0.717, 1.165) is 20.7 Å². The van der Waals surface area contributed by atoms with E-state index in [1.165, 1.54) is 0 Å². The van der Waals surface area contributed by atoms with Crippen molar-refractivity contribution in [2.45, 2.75) is 6.54 Å². The molecule has 0 heterocycles. The minimum Gasteiger partial charge on any atom is -0.316 e. The second kappa shape index (κ2) is 6.02. The van der Waals surface area contributed by atoms with Crippen molar-refractivity contribution in [3.8, 4) is 0 Å². The number of rotatable bonds is 2. The highest BCUT2D eigenvalue weighted by Gasteiger charge is 2.00. The first-order valence-corrected chi connectivity index (χ1v) is 4.79. The number of halogens is 3. The van der Waals surface area contributed by atoms with Crippen LogP contribution in [-0.2, 0) is 6.54 Å². The van der Waals surface area contributed by atoms with Gasteiger partial charge in [-0.1, -0.05) is 23.7 Å². The van der Waals surface area contributed by atoms with Gasteiger partial charge in [0, 0.05) is 10.1 Å². The second-order valence-electron chi connectivity index (χ2n) is 2.24. The van der Waals surface area contributed by atoms with Crippen LogP contribution in [0.3, 0.4) is 0 Å². The van der Waals surface area contributed by atoms with E-state index < -0.39 is 0 Å². The first-order chi connectivity index (χ1) is 5.25. The lowest BCUT2D eigenvalue weighted by molar-refractivity contribution is 0.817. The van der Waals surface area contributed by atoms with Gasteiger partial charge in [-0.2, -0.15) is 0 Å². The summed E-state index contributed by atoms with van der Waals surface area (Å²) in [6, 6.07) is 6.05. The molecule has 0 amide bonds. The van der Waals surface area contributed by atoms with Gasteiger partial charge in [0.25, 0.3) is 0 Å². The minimum absolute atomic E-state index is 0. The Morgan fingerprint density at radius 3 is 2.75 bits per heavy atom. The Hall–Kier alpha value is 0.490. The first-order valence-electron chi connectivity index (χ1n) is 3.33. The van der Waals surface area contributed by atoms with Crippen molar-refractivity contribution in [2.24, 2.45) is 0 Å². The van der Waals surface area contributed by atoms with Crippen molar-refractivity contribution >= 4 is 46.6 Å². The number of hydrogen-bond acceptors (Lipinski definition) is 1. The van der Waals surface area contributed by atoms with Crippen LogP contribution in [0, 0.1) is 3.57 Å². The van der Waals surface area contributed by atoms with E-state index in [9.17, 15) is 0 Å². The van der Waals surface area contributed by atoms with Crippen LogP contribution in [0.2, 0.25) is 5.02 Å². The summed E-state index contributed by atoms with van der Waals surface area (Å²) in [5, 5.41) is 3.93. The summed E-state index contributed by atoms with van der Waals surface area (Å²) in [5.41, 5.74) is 1.15. The molecule has 0 saturated carbocycles. The maximum atomic E-state index is 6.02. The van der Waals surface area contributed by atoms with Crippen LogP contribution in [0.25, 0.3) is 0 Å². The van der Waals surface area contributed by atoms with Crippen molar-refractivity contribution in [3.05, 3.63) is 32.4 Å². The van der Waals surface area contributed by atoms with E-state index in [0.29, 0.717) is 0 Å². The van der Waals surface area contributed by atoms with Crippen LogP contribution in [0.15, 0.2) is 18.2 Å². The van der Waals surface area contributed by atoms with E-state index in [1.807, 2.05) is 25.2 Å². The lowest BCUT2D eigenvalue weighted by atomic mass is 10.2. The van der Waals surface area contributed by atoms with Gasteiger partial charge in [-0.3, -0.25) is 0 Å². The molecule has 68 valence electrons. The van der Waals surface area contributed by atoms with E-state index in [4.69, 9.17) is 11.6 Å². The maximum Gasteiger partial charge on any atom is 0.0584 e. The van der Waals surface area contributed by atoms with E-state index in [2.05, 4.69) is 27.9 Å². The van der Waals surface area contributed by atoms with Crippen LogP contribution < -0.4 is 5.32 Å². The smallest absolute Gasteiger partial charge is 0.0584 e. The molecule has 0 aliphatic heterocycles. The van der Waals surface area contributed by atoms with Gasteiger partial charge in [-0.25, -0.2) is 0 Å². The molecule has 12 heavy (non-hydrogen) atoms. The summed E-state index contributed by atoms with van der Waals surface area (Å²) >= 11 is 8.25. The monoisotopic (exact) mass is 317 g/mol. The molecule has 0 unspecified atom stereocenters. The number of benzene rings is 1. The van der Waals surface area contributed by atoms with Crippen LogP contribution >= 0.6 is 46.6 Å². The summed E-state index contributed by atoms with van der Waals surface area (Å²) in [5.74, 6) is 0. The minimum atomic E-state index is 0. The number of nitrogens with one attached hydrogen (secondary N) is 1. The predicted molar refractivity (Wildman–Crippen MR) is 64.2 cm³/mol. The van der Waals surface area contributed by atoms with Crippen LogP contribution in [-0.4, -0.2) is 7.05 Å². The van der Waals surface area contributed by atoms with Crippen molar-refractivity contribution in [3.63, 3.8) is 0 Å². The van der Waals surface area contributed by atoms with Gasteiger partial charge in [0.2, 0.25) is 0 Å². The summed E-state index contributed by atoms with van der Waals surface area (Å²) in [4.78, 5) is 0. The zero-order valence-electron chi connectivity index (χ0n) is 6.60. The summed E-state index contributed by atoms with van der Waals surface area (Å²) in [6.45, 7) is 0.829. The molecular weight excluding hydrogens is 308 g/mol.